The van der Waals surface area contributed by atoms with E-state index in [-0.39, 0.29) is 5.91 Å². The molecule has 17 heavy (non-hydrogen) atoms. The van der Waals surface area contributed by atoms with Crippen LogP contribution in [-0.2, 0) is 0 Å². The van der Waals surface area contributed by atoms with Gasteiger partial charge >= 0.3 is 0 Å². The summed E-state index contributed by atoms with van der Waals surface area (Å²) >= 11 is 1.52. The quantitative estimate of drug-likeness (QED) is 0.359. The molecule has 1 amide bonds. The molecule has 0 saturated carbocycles. The summed E-state index contributed by atoms with van der Waals surface area (Å²) < 4.78 is 0. The molecule has 92 valence electrons. The third-order valence-electron chi connectivity index (χ3n) is 2.42. The van der Waals surface area contributed by atoms with Crippen LogP contribution in [0.4, 0.5) is 0 Å². The number of nitrogens with one attached hydrogen (secondary N) is 1. The summed E-state index contributed by atoms with van der Waals surface area (Å²) in [6.07, 6.45) is 1.63. The van der Waals surface area contributed by atoms with E-state index in [4.69, 9.17) is 5.53 Å². The van der Waals surface area contributed by atoms with Gasteiger partial charge in [0.15, 0.2) is 0 Å². The molecule has 0 aliphatic carbocycles. The third-order valence-corrected chi connectivity index (χ3v) is 3.57. The Bertz CT molecular complexity index is 415. The molecule has 5 nitrogen and oxygen atoms in total. The lowest BCUT2D eigenvalue weighted by Gasteiger charge is -2.01. The van der Waals surface area contributed by atoms with E-state index < -0.39 is 0 Å². The van der Waals surface area contributed by atoms with Crippen molar-refractivity contribution >= 4 is 17.2 Å². The zero-order valence-corrected chi connectivity index (χ0v) is 10.9. The molecule has 1 heterocycles. The average Bonchev–Trinajstić information content (AvgIpc) is 2.64. The van der Waals surface area contributed by atoms with Crippen molar-refractivity contribution in [2.75, 3.05) is 13.1 Å². The number of thiophene rings is 1. The number of unbranched alkanes of at least 4 members (excludes halogenated alkanes) is 1. The second-order valence-corrected chi connectivity index (χ2v) is 5.02. The number of hydrogen-bond donors (Lipinski definition) is 1. The largest absolute Gasteiger partial charge is 0.351 e. The van der Waals surface area contributed by atoms with E-state index >= 15 is 0 Å². The van der Waals surface area contributed by atoms with Gasteiger partial charge in [-0.2, -0.15) is 0 Å². The number of carbonyl (C=O) groups excluding carboxylic acids is 1. The van der Waals surface area contributed by atoms with Gasteiger partial charge in [0.05, 0.1) is 4.88 Å². The summed E-state index contributed by atoms with van der Waals surface area (Å²) in [5.74, 6) is -0.0185. The summed E-state index contributed by atoms with van der Waals surface area (Å²) in [6.45, 7) is 5.12. The number of azide groups is 1. The highest BCUT2D eigenvalue weighted by molar-refractivity contribution is 7.14. The van der Waals surface area contributed by atoms with Crippen LogP contribution in [0.15, 0.2) is 11.2 Å². The van der Waals surface area contributed by atoms with E-state index in [0.29, 0.717) is 13.1 Å². The highest BCUT2D eigenvalue weighted by Crippen LogP contribution is 2.20. The Balaban J connectivity index is 2.28. The first-order valence-corrected chi connectivity index (χ1v) is 6.33. The van der Waals surface area contributed by atoms with Gasteiger partial charge in [-0.25, -0.2) is 0 Å². The van der Waals surface area contributed by atoms with Crippen LogP contribution in [0.25, 0.3) is 10.4 Å². The van der Waals surface area contributed by atoms with Crippen LogP contribution >= 0.6 is 11.3 Å². The van der Waals surface area contributed by atoms with E-state index in [1.165, 1.54) is 16.2 Å². The third kappa shape index (κ3) is 4.46. The standard InChI is InChI=1S/C11H16N4OS/c1-8-7-10(17-9(8)2)11(16)13-5-3-4-6-14-15-12/h7H,3-6H2,1-2H3,(H,13,16). The lowest BCUT2D eigenvalue weighted by atomic mass is 10.2. The Morgan fingerprint density at radius 2 is 2.29 bits per heavy atom. The van der Waals surface area contributed by atoms with E-state index in [0.717, 1.165) is 23.3 Å². The van der Waals surface area contributed by atoms with Gasteiger partial charge in [0.1, 0.15) is 0 Å². The van der Waals surface area contributed by atoms with Crippen LogP contribution in [0.1, 0.15) is 33.0 Å². The van der Waals surface area contributed by atoms with Crippen molar-refractivity contribution in [1.82, 2.24) is 5.32 Å². The molecule has 0 saturated heterocycles. The topological polar surface area (TPSA) is 77.9 Å². The molecule has 0 radical (unpaired) electrons. The number of aryl methyl sites for hydroxylation is 2. The van der Waals surface area contributed by atoms with Gasteiger partial charge < -0.3 is 5.32 Å². The van der Waals surface area contributed by atoms with Crippen molar-refractivity contribution < 1.29 is 4.79 Å². The minimum atomic E-state index is -0.0185. The fraction of sp³-hybridized carbons (Fsp3) is 0.545. The second kappa shape index (κ2) is 6.93. The van der Waals surface area contributed by atoms with Gasteiger partial charge in [0.2, 0.25) is 0 Å². The average molecular weight is 252 g/mol. The second-order valence-electron chi connectivity index (χ2n) is 3.77. The lowest BCUT2D eigenvalue weighted by Crippen LogP contribution is -2.23. The number of nitrogens with zero attached hydrogens (tertiary/aromatic N) is 3. The molecule has 0 aromatic carbocycles. The first-order valence-electron chi connectivity index (χ1n) is 5.51. The SMILES string of the molecule is Cc1cc(C(=O)NCCCCN=[N+]=[N-])sc1C. The van der Waals surface area contributed by atoms with Crippen molar-refractivity contribution in [3.05, 3.63) is 31.8 Å². The Morgan fingerprint density at radius 1 is 1.53 bits per heavy atom. The number of rotatable bonds is 6. The molecule has 1 rings (SSSR count). The first kappa shape index (κ1) is 13.5. The van der Waals surface area contributed by atoms with Crippen molar-refractivity contribution in [2.45, 2.75) is 26.7 Å². The molecule has 0 aliphatic heterocycles. The monoisotopic (exact) mass is 252 g/mol. The highest BCUT2D eigenvalue weighted by atomic mass is 32.1. The van der Waals surface area contributed by atoms with Crippen LogP contribution in [0.3, 0.4) is 0 Å². The Hall–Kier alpha value is -1.52. The normalized spacial score (nSPS) is 9.76. The minimum absolute atomic E-state index is 0.0185. The zero-order chi connectivity index (χ0) is 12.7. The number of hydrogen-bond acceptors (Lipinski definition) is 3. The van der Waals surface area contributed by atoms with Crippen LogP contribution < -0.4 is 5.32 Å². The fourth-order valence-electron chi connectivity index (χ4n) is 1.33. The molecule has 0 aliphatic rings. The van der Waals surface area contributed by atoms with Gasteiger partial charge in [-0.05, 0) is 43.9 Å². The fourth-order valence-corrected chi connectivity index (χ4v) is 2.28. The summed E-state index contributed by atoms with van der Waals surface area (Å²) in [5.41, 5.74) is 9.23. The van der Waals surface area contributed by atoms with Gasteiger partial charge in [0, 0.05) is 22.9 Å². The summed E-state index contributed by atoms with van der Waals surface area (Å²) in [7, 11) is 0. The maximum atomic E-state index is 11.7. The predicted molar refractivity (Wildman–Crippen MR) is 69.4 cm³/mol. The van der Waals surface area contributed by atoms with Crippen LogP contribution in [0.2, 0.25) is 0 Å². The molecular formula is C11H16N4OS. The Labute approximate surface area is 104 Å². The van der Waals surface area contributed by atoms with Crippen molar-refractivity contribution in [2.24, 2.45) is 5.11 Å². The van der Waals surface area contributed by atoms with E-state index in [1.807, 2.05) is 19.9 Å². The zero-order valence-electron chi connectivity index (χ0n) is 10.1. The van der Waals surface area contributed by atoms with Gasteiger partial charge in [-0.15, -0.1) is 11.3 Å². The molecule has 6 heteroatoms. The van der Waals surface area contributed by atoms with Gasteiger partial charge in [-0.1, -0.05) is 5.11 Å². The van der Waals surface area contributed by atoms with Crippen LogP contribution in [0, 0.1) is 13.8 Å². The molecule has 1 N–H and O–H groups in total. The molecule has 0 unspecified atom stereocenters. The van der Waals surface area contributed by atoms with Crippen molar-refractivity contribution in [3.8, 4) is 0 Å². The maximum absolute atomic E-state index is 11.7. The summed E-state index contributed by atoms with van der Waals surface area (Å²) in [4.78, 5) is 16.3. The molecule has 0 spiro atoms. The molecule has 1 aromatic heterocycles. The van der Waals surface area contributed by atoms with Crippen LogP contribution in [-0.4, -0.2) is 19.0 Å². The Kier molecular flexibility index (Phi) is 5.52. The lowest BCUT2D eigenvalue weighted by molar-refractivity contribution is 0.0957. The van der Waals surface area contributed by atoms with E-state index in [2.05, 4.69) is 15.3 Å². The number of amides is 1. The summed E-state index contributed by atoms with van der Waals surface area (Å²) in [5, 5.41) is 6.28. The molecule has 1 aromatic rings. The predicted octanol–water partition coefficient (Wildman–Crippen LogP) is 3.19. The highest BCUT2D eigenvalue weighted by Gasteiger charge is 2.09. The molecule has 0 bridgehead atoms. The molecular weight excluding hydrogens is 236 g/mol. The molecule has 0 atom stereocenters. The Morgan fingerprint density at radius 3 is 2.88 bits per heavy atom. The van der Waals surface area contributed by atoms with Crippen molar-refractivity contribution in [1.29, 1.82) is 0 Å². The van der Waals surface area contributed by atoms with E-state index in [1.54, 1.807) is 0 Å². The van der Waals surface area contributed by atoms with Crippen molar-refractivity contribution in [3.63, 3.8) is 0 Å². The first-order chi connectivity index (χ1) is 8.15. The molecule has 0 fully saturated rings. The minimum Gasteiger partial charge on any atom is -0.351 e. The summed E-state index contributed by atoms with van der Waals surface area (Å²) in [6, 6.07) is 1.91. The van der Waals surface area contributed by atoms with Gasteiger partial charge in [0.25, 0.3) is 5.91 Å². The maximum Gasteiger partial charge on any atom is 0.261 e. The smallest absolute Gasteiger partial charge is 0.261 e. The van der Waals surface area contributed by atoms with Crippen LogP contribution in [0.5, 0.6) is 0 Å². The number of carbonyl (C=O) groups is 1. The van der Waals surface area contributed by atoms with Gasteiger partial charge in [-0.3, -0.25) is 4.79 Å². The van der Waals surface area contributed by atoms with E-state index in [9.17, 15) is 4.79 Å².